The van der Waals surface area contributed by atoms with Gasteiger partial charge >= 0.3 is 0 Å². The number of benzene rings is 1. The Bertz CT molecular complexity index is 532. The number of aromatic nitrogens is 2. The van der Waals surface area contributed by atoms with Crippen LogP contribution in [0.15, 0.2) is 22.8 Å². The van der Waals surface area contributed by atoms with Gasteiger partial charge in [-0.2, -0.15) is 0 Å². The number of anilines is 2. The zero-order valence-electron chi connectivity index (χ0n) is 8.52. The van der Waals surface area contributed by atoms with Crippen LogP contribution in [0, 0.1) is 5.82 Å². The SMILES string of the molecule is Nc1nonc1C(N)Nc1ccc(F)c(Cl)c1. The molecule has 6 nitrogen and oxygen atoms in total. The molecule has 0 fully saturated rings. The lowest BCUT2D eigenvalue weighted by atomic mass is 10.2. The highest BCUT2D eigenvalue weighted by molar-refractivity contribution is 6.31. The minimum atomic E-state index is -0.720. The van der Waals surface area contributed by atoms with Gasteiger partial charge in [0.25, 0.3) is 0 Å². The van der Waals surface area contributed by atoms with Crippen molar-refractivity contribution in [2.45, 2.75) is 6.17 Å². The zero-order chi connectivity index (χ0) is 12.4. The van der Waals surface area contributed by atoms with E-state index in [9.17, 15) is 4.39 Å². The molecule has 1 aromatic carbocycles. The molecule has 1 aromatic heterocycles. The number of nitrogens with two attached hydrogens (primary N) is 2. The van der Waals surface area contributed by atoms with E-state index in [1.54, 1.807) is 0 Å². The molecule has 2 aromatic rings. The molecule has 0 spiro atoms. The minimum absolute atomic E-state index is 0.00607. The number of rotatable bonds is 3. The Morgan fingerprint density at radius 3 is 2.76 bits per heavy atom. The van der Waals surface area contributed by atoms with Gasteiger partial charge in [0.05, 0.1) is 5.02 Å². The Hall–Kier alpha value is -1.86. The summed E-state index contributed by atoms with van der Waals surface area (Å²) in [4.78, 5) is 0. The maximum atomic E-state index is 12.9. The van der Waals surface area contributed by atoms with Gasteiger partial charge in [0.15, 0.2) is 11.5 Å². The van der Waals surface area contributed by atoms with Crippen LogP contribution in [0.5, 0.6) is 0 Å². The Morgan fingerprint density at radius 2 is 2.18 bits per heavy atom. The van der Waals surface area contributed by atoms with E-state index in [4.69, 9.17) is 23.1 Å². The fourth-order valence-corrected chi connectivity index (χ4v) is 1.43. The number of nitrogen functional groups attached to an aromatic ring is 1. The van der Waals surface area contributed by atoms with Crippen LogP contribution < -0.4 is 16.8 Å². The van der Waals surface area contributed by atoms with Crippen molar-refractivity contribution in [2.24, 2.45) is 5.73 Å². The van der Waals surface area contributed by atoms with Crippen LogP contribution in [-0.4, -0.2) is 10.3 Å². The largest absolute Gasteiger partial charge is 0.379 e. The molecule has 1 unspecified atom stereocenters. The zero-order valence-corrected chi connectivity index (χ0v) is 9.28. The predicted octanol–water partition coefficient (Wildman–Crippen LogP) is 1.51. The van der Waals surface area contributed by atoms with Crippen molar-refractivity contribution in [2.75, 3.05) is 11.1 Å². The summed E-state index contributed by atoms with van der Waals surface area (Å²) in [6, 6.07) is 4.12. The van der Waals surface area contributed by atoms with Crippen LogP contribution in [0.3, 0.4) is 0 Å². The standard InChI is InChI=1S/C9H9ClFN5O/c10-5-3-4(1-2-6(5)11)14-8(12)7-9(13)16-17-15-7/h1-3,8,14H,12H2,(H2,13,16). The molecule has 1 atom stereocenters. The number of halogens is 2. The number of hydrogen-bond acceptors (Lipinski definition) is 6. The molecule has 17 heavy (non-hydrogen) atoms. The van der Waals surface area contributed by atoms with Gasteiger partial charge in [0.1, 0.15) is 12.0 Å². The van der Waals surface area contributed by atoms with Crippen molar-refractivity contribution in [3.8, 4) is 0 Å². The molecule has 8 heteroatoms. The second-order valence-corrected chi connectivity index (χ2v) is 3.69. The summed E-state index contributed by atoms with van der Waals surface area (Å²) < 4.78 is 17.3. The van der Waals surface area contributed by atoms with Crippen LogP contribution in [0.25, 0.3) is 0 Å². The van der Waals surface area contributed by atoms with Crippen LogP contribution >= 0.6 is 11.6 Å². The molecule has 0 aliphatic heterocycles. The van der Waals surface area contributed by atoms with E-state index >= 15 is 0 Å². The monoisotopic (exact) mass is 257 g/mol. The predicted molar refractivity (Wildman–Crippen MR) is 60.7 cm³/mol. The molecule has 0 aliphatic rings. The van der Waals surface area contributed by atoms with Gasteiger partial charge in [-0.3, -0.25) is 0 Å². The first-order valence-corrected chi connectivity index (χ1v) is 5.01. The summed E-state index contributed by atoms with van der Waals surface area (Å²) in [7, 11) is 0. The van der Waals surface area contributed by atoms with Crippen molar-refractivity contribution in [3.05, 3.63) is 34.7 Å². The second kappa shape index (κ2) is 4.56. The first-order chi connectivity index (χ1) is 8.08. The molecule has 5 N–H and O–H groups in total. The van der Waals surface area contributed by atoms with Gasteiger partial charge in [-0.05, 0) is 28.5 Å². The summed E-state index contributed by atoms with van der Waals surface area (Å²) in [6.45, 7) is 0. The minimum Gasteiger partial charge on any atom is -0.379 e. The van der Waals surface area contributed by atoms with Gasteiger partial charge in [0, 0.05) is 5.69 Å². The van der Waals surface area contributed by atoms with Crippen LogP contribution in [0.1, 0.15) is 11.9 Å². The summed E-state index contributed by atoms with van der Waals surface area (Å²) in [5.74, 6) is -0.411. The molecule has 90 valence electrons. The maximum absolute atomic E-state index is 12.9. The molecular weight excluding hydrogens is 249 g/mol. The first-order valence-electron chi connectivity index (χ1n) is 4.63. The summed E-state index contributed by atoms with van der Waals surface area (Å²) in [6.07, 6.45) is -0.720. The van der Waals surface area contributed by atoms with Gasteiger partial charge in [-0.25, -0.2) is 9.02 Å². The number of hydrogen-bond donors (Lipinski definition) is 3. The Morgan fingerprint density at radius 1 is 1.41 bits per heavy atom. The fourth-order valence-electron chi connectivity index (χ4n) is 1.25. The van der Waals surface area contributed by atoms with E-state index in [-0.39, 0.29) is 16.5 Å². The molecule has 2 rings (SSSR count). The molecule has 0 bridgehead atoms. The molecule has 1 heterocycles. The van der Waals surface area contributed by atoms with E-state index in [0.29, 0.717) is 5.69 Å². The maximum Gasteiger partial charge on any atom is 0.195 e. The Labute approximate surface area is 101 Å². The average Bonchev–Trinajstić information content (AvgIpc) is 2.70. The van der Waals surface area contributed by atoms with Crippen molar-refractivity contribution in [3.63, 3.8) is 0 Å². The smallest absolute Gasteiger partial charge is 0.195 e. The van der Waals surface area contributed by atoms with E-state index in [2.05, 4.69) is 20.3 Å². The Balaban J connectivity index is 2.16. The van der Waals surface area contributed by atoms with E-state index in [1.165, 1.54) is 18.2 Å². The van der Waals surface area contributed by atoms with Crippen molar-refractivity contribution >= 4 is 23.1 Å². The van der Waals surface area contributed by atoms with Crippen LogP contribution in [0.4, 0.5) is 15.9 Å². The lowest BCUT2D eigenvalue weighted by Gasteiger charge is -2.12. The summed E-state index contributed by atoms with van der Waals surface area (Å²) in [5.41, 5.74) is 12.0. The normalized spacial score (nSPS) is 12.4. The van der Waals surface area contributed by atoms with Crippen molar-refractivity contribution < 1.29 is 9.02 Å². The van der Waals surface area contributed by atoms with Gasteiger partial charge in [0.2, 0.25) is 0 Å². The lowest BCUT2D eigenvalue weighted by Crippen LogP contribution is -2.21. The van der Waals surface area contributed by atoms with Crippen molar-refractivity contribution in [1.82, 2.24) is 10.3 Å². The van der Waals surface area contributed by atoms with Gasteiger partial charge in [-0.15, -0.1) is 0 Å². The van der Waals surface area contributed by atoms with E-state index < -0.39 is 12.0 Å². The second-order valence-electron chi connectivity index (χ2n) is 3.29. The molecule has 0 aliphatic carbocycles. The number of nitrogens with one attached hydrogen (secondary N) is 1. The van der Waals surface area contributed by atoms with Crippen LogP contribution in [0.2, 0.25) is 5.02 Å². The third-order valence-electron chi connectivity index (χ3n) is 2.08. The van der Waals surface area contributed by atoms with E-state index in [1.807, 2.05) is 0 Å². The van der Waals surface area contributed by atoms with Gasteiger partial charge in [-0.1, -0.05) is 11.6 Å². The molecule has 0 saturated carbocycles. The topological polar surface area (TPSA) is 103 Å². The molecular formula is C9H9ClFN5O. The highest BCUT2D eigenvalue weighted by atomic mass is 35.5. The Kier molecular flexibility index (Phi) is 3.12. The van der Waals surface area contributed by atoms with Crippen LogP contribution in [-0.2, 0) is 0 Å². The molecule has 0 amide bonds. The quantitative estimate of drug-likeness (QED) is 0.720. The first kappa shape index (κ1) is 11.6. The third kappa shape index (κ3) is 2.45. The number of nitrogens with zero attached hydrogens (tertiary/aromatic N) is 2. The lowest BCUT2D eigenvalue weighted by molar-refractivity contribution is 0.303. The molecule has 0 radical (unpaired) electrons. The summed E-state index contributed by atoms with van der Waals surface area (Å²) in [5, 5.41) is 9.77. The summed E-state index contributed by atoms with van der Waals surface area (Å²) >= 11 is 5.63. The van der Waals surface area contributed by atoms with Gasteiger partial charge < -0.3 is 16.8 Å². The highest BCUT2D eigenvalue weighted by Crippen LogP contribution is 2.22. The third-order valence-corrected chi connectivity index (χ3v) is 2.37. The van der Waals surface area contributed by atoms with E-state index in [0.717, 1.165) is 0 Å². The highest BCUT2D eigenvalue weighted by Gasteiger charge is 2.15. The fraction of sp³-hybridized carbons (Fsp3) is 0.111. The molecule has 0 saturated heterocycles. The average molecular weight is 258 g/mol. The van der Waals surface area contributed by atoms with Crippen molar-refractivity contribution in [1.29, 1.82) is 0 Å².